The van der Waals surface area contributed by atoms with Crippen molar-refractivity contribution in [3.63, 3.8) is 0 Å². The van der Waals surface area contributed by atoms with Crippen molar-refractivity contribution in [2.45, 2.75) is 12.3 Å². The van der Waals surface area contributed by atoms with Crippen molar-refractivity contribution in [1.29, 1.82) is 0 Å². The SMILES string of the molecule is COc1cc2c(c(Cl)c1Cl)C(=O)C(c1ccc([N+](=O)[O-])cc1)C2. The highest BCUT2D eigenvalue weighted by molar-refractivity contribution is 6.45. The van der Waals surface area contributed by atoms with E-state index in [2.05, 4.69) is 0 Å². The molecule has 1 aliphatic carbocycles. The molecule has 5 nitrogen and oxygen atoms in total. The number of Topliss-reactive ketones (excluding diaryl/α,β-unsaturated/α-hetero) is 1. The van der Waals surface area contributed by atoms with Crippen LogP contribution in [0.1, 0.15) is 27.4 Å². The molecule has 1 aliphatic rings. The lowest BCUT2D eigenvalue weighted by Crippen LogP contribution is -2.07. The average molecular weight is 352 g/mol. The highest BCUT2D eigenvalue weighted by Gasteiger charge is 2.35. The van der Waals surface area contributed by atoms with E-state index in [0.717, 1.165) is 5.56 Å². The first-order chi connectivity index (χ1) is 10.9. The molecule has 7 heteroatoms. The Bertz CT molecular complexity index is 818. The number of hydrogen-bond donors (Lipinski definition) is 0. The van der Waals surface area contributed by atoms with Gasteiger partial charge in [-0.2, -0.15) is 0 Å². The van der Waals surface area contributed by atoms with E-state index in [4.69, 9.17) is 27.9 Å². The third-order valence-electron chi connectivity index (χ3n) is 3.97. The van der Waals surface area contributed by atoms with Crippen LogP contribution >= 0.6 is 23.2 Å². The van der Waals surface area contributed by atoms with Gasteiger partial charge in [0.1, 0.15) is 10.8 Å². The van der Waals surface area contributed by atoms with Crippen LogP contribution in [0.25, 0.3) is 0 Å². The maximum absolute atomic E-state index is 12.7. The Labute approximate surface area is 141 Å². The van der Waals surface area contributed by atoms with Gasteiger partial charge < -0.3 is 4.74 Å². The molecule has 0 bridgehead atoms. The number of benzene rings is 2. The summed E-state index contributed by atoms with van der Waals surface area (Å²) in [7, 11) is 1.48. The second kappa shape index (κ2) is 5.83. The Hall–Kier alpha value is -2.11. The monoisotopic (exact) mass is 351 g/mol. The smallest absolute Gasteiger partial charge is 0.269 e. The molecule has 3 rings (SSSR count). The minimum Gasteiger partial charge on any atom is -0.495 e. The van der Waals surface area contributed by atoms with Gasteiger partial charge in [-0.05, 0) is 23.6 Å². The summed E-state index contributed by atoms with van der Waals surface area (Å²) < 4.78 is 5.17. The second-order valence-electron chi connectivity index (χ2n) is 5.21. The van der Waals surface area contributed by atoms with Gasteiger partial charge in [0.15, 0.2) is 5.78 Å². The van der Waals surface area contributed by atoms with Gasteiger partial charge in [-0.25, -0.2) is 0 Å². The van der Waals surface area contributed by atoms with Crippen LogP contribution < -0.4 is 4.74 Å². The van der Waals surface area contributed by atoms with Crippen molar-refractivity contribution in [1.82, 2.24) is 0 Å². The van der Waals surface area contributed by atoms with Gasteiger partial charge >= 0.3 is 0 Å². The number of non-ortho nitro benzene ring substituents is 1. The van der Waals surface area contributed by atoms with E-state index in [0.29, 0.717) is 23.3 Å². The fourth-order valence-corrected chi connectivity index (χ4v) is 3.35. The van der Waals surface area contributed by atoms with E-state index in [9.17, 15) is 14.9 Å². The molecule has 0 aliphatic heterocycles. The number of ether oxygens (including phenoxy) is 1. The van der Waals surface area contributed by atoms with Gasteiger partial charge in [-0.1, -0.05) is 35.3 Å². The summed E-state index contributed by atoms with van der Waals surface area (Å²) in [5.74, 6) is -0.137. The standard InChI is InChI=1S/C16H11Cl2NO4/c1-23-12-7-9-6-11(16(20)13(9)15(18)14(12)17)8-2-4-10(5-3-8)19(21)22/h2-5,7,11H,6H2,1H3. The summed E-state index contributed by atoms with van der Waals surface area (Å²) in [5.41, 5.74) is 1.87. The summed E-state index contributed by atoms with van der Waals surface area (Å²) in [5, 5.41) is 11.1. The van der Waals surface area contributed by atoms with E-state index in [1.807, 2.05) is 0 Å². The number of rotatable bonds is 3. The molecule has 0 radical (unpaired) electrons. The minimum atomic E-state index is -0.476. The molecule has 0 saturated carbocycles. The number of nitrogens with zero attached hydrogens (tertiary/aromatic N) is 1. The number of ketones is 1. The summed E-state index contributed by atoms with van der Waals surface area (Å²) in [6.07, 6.45) is 0.458. The van der Waals surface area contributed by atoms with Crippen molar-refractivity contribution < 1.29 is 14.5 Å². The molecule has 1 atom stereocenters. The molecular formula is C16H11Cl2NO4. The van der Waals surface area contributed by atoms with Crippen molar-refractivity contribution in [2.75, 3.05) is 7.11 Å². The zero-order chi connectivity index (χ0) is 16.7. The quantitative estimate of drug-likeness (QED) is 0.605. The lowest BCUT2D eigenvalue weighted by molar-refractivity contribution is -0.384. The van der Waals surface area contributed by atoms with Crippen molar-refractivity contribution in [3.05, 3.63) is 67.2 Å². The van der Waals surface area contributed by atoms with Gasteiger partial charge in [0, 0.05) is 17.7 Å². The summed E-state index contributed by atoms with van der Waals surface area (Å²) in [4.78, 5) is 22.9. The maximum Gasteiger partial charge on any atom is 0.269 e. The molecule has 0 N–H and O–H groups in total. The Morgan fingerprint density at radius 2 is 1.87 bits per heavy atom. The average Bonchev–Trinajstić information content (AvgIpc) is 2.87. The van der Waals surface area contributed by atoms with E-state index in [1.54, 1.807) is 18.2 Å². The highest BCUT2D eigenvalue weighted by Crippen LogP contribution is 2.44. The van der Waals surface area contributed by atoms with Crippen LogP contribution in [0.2, 0.25) is 10.0 Å². The number of nitro benzene ring substituents is 1. The molecule has 2 aromatic rings. The molecule has 0 amide bonds. The maximum atomic E-state index is 12.7. The topological polar surface area (TPSA) is 69.4 Å². The molecule has 0 aromatic heterocycles. The summed E-state index contributed by atoms with van der Waals surface area (Å²) in [6, 6.07) is 7.69. The molecule has 2 aromatic carbocycles. The largest absolute Gasteiger partial charge is 0.495 e. The van der Waals surface area contributed by atoms with Crippen LogP contribution in [0, 0.1) is 10.1 Å². The first-order valence-electron chi connectivity index (χ1n) is 6.77. The van der Waals surface area contributed by atoms with Crippen LogP contribution in [-0.4, -0.2) is 17.8 Å². The summed E-state index contributed by atoms with van der Waals surface area (Å²) in [6.45, 7) is 0. The summed E-state index contributed by atoms with van der Waals surface area (Å²) >= 11 is 12.3. The Morgan fingerprint density at radius 3 is 2.43 bits per heavy atom. The van der Waals surface area contributed by atoms with Crippen molar-refractivity contribution in [3.8, 4) is 5.75 Å². The number of fused-ring (bicyclic) bond motifs is 1. The second-order valence-corrected chi connectivity index (χ2v) is 5.97. The molecule has 118 valence electrons. The lowest BCUT2D eigenvalue weighted by atomic mass is 9.95. The van der Waals surface area contributed by atoms with Crippen LogP contribution in [0.4, 0.5) is 5.69 Å². The van der Waals surface area contributed by atoms with Crippen molar-refractivity contribution >= 4 is 34.7 Å². The van der Waals surface area contributed by atoms with Crippen LogP contribution in [0.3, 0.4) is 0 Å². The van der Waals surface area contributed by atoms with Gasteiger partial charge in [0.2, 0.25) is 0 Å². The zero-order valence-electron chi connectivity index (χ0n) is 12.0. The number of hydrogen-bond acceptors (Lipinski definition) is 4. The molecule has 1 unspecified atom stereocenters. The van der Waals surface area contributed by atoms with Gasteiger partial charge in [0.05, 0.1) is 23.0 Å². The first-order valence-corrected chi connectivity index (χ1v) is 7.53. The Balaban J connectivity index is 2.00. The van der Waals surface area contributed by atoms with E-state index in [1.165, 1.54) is 19.2 Å². The van der Waals surface area contributed by atoms with Crippen LogP contribution in [0.5, 0.6) is 5.75 Å². The molecule has 0 spiro atoms. The molecule has 23 heavy (non-hydrogen) atoms. The molecule has 0 saturated heterocycles. The van der Waals surface area contributed by atoms with E-state index in [-0.39, 0.29) is 21.5 Å². The number of halogens is 2. The highest BCUT2D eigenvalue weighted by atomic mass is 35.5. The number of nitro groups is 1. The predicted octanol–water partition coefficient (Wildman–Crippen LogP) is 4.43. The minimum absolute atomic E-state index is 0.0144. The lowest BCUT2D eigenvalue weighted by Gasteiger charge is -2.08. The van der Waals surface area contributed by atoms with Crippen molar-refractivity contribution in [2.24, 2.45) is 0 Å². The zero-order valence-corrected chi connectivity index (χ0v) is 13.5. The number of carbonyl (C=O) groups excluding carboxylic acids is 1. The van der Waals surface area contributed by atoms with E-state index < -0.39 is 10.8 Å². The van der Waals surface area contributed by atoms with Gasteiger partial charge in [0.25, 0.3) is 5.69 Å². The molecule has 0 heterocycles. The fourth-order valence-electron chi connectivity index (χ4n) is 2.81. The number of methoxy groups -OCH3 is 1. The van der Waals surface area contributed by atoms with Gasteiger partial charge in [-0.15, -0.1) is 0 Å². The molecule has 0 fully saturated rings. The van der Waals surface area contributed by atoms with Crippen LogP contribution in [-0.2, 0) is 6.42 Å². The first kappa shape index (κ1) is 15.8. The Morgan fingerprint density at radius 1 is 1.22 bits per heavy atom. The third kappa shape index (κ3) is 2.56. The van der Waals surface area contributed by atoms with E-state index >= 15 is 0 Å². The molecular weight excluding hydrogens is 341 g/mol. The third-order valence-corrected chi connectivity index (χ3v) is 4.82. The number of carbonyl (C=O) groups is 1. The predicted molar refractivity (Wildman–Crippen MR) is 86.9 cm³/mol. The van der Waals surface area contributed by atoms with Crippen LogP contribution in [0.15, 0.2) is 30.3 Å². The normalized spacial score (nSPS) is 16.3. The van der Waals surface area contributed by atoms with Gasteiger partial charge in [-0.3, -0.25) is 14.9 Å². The Kier molecular flexibility index (Phi) is 4.00. The fraction of sp³-hybridized carbons (Fsp3) is 0.188.